The Balaban J connectivity index is 3.82. The van der Waals surface area contributed by atoms with E-state index in [1.807, 2.05) is 20.8 Å². The van der Waals surface area contributed by atoms with Gasteiger partial charge in [0.25, 0.3) is 0 Å². The second-order valence-corrected chi connectivity index (χ2v) is 4.14. The molecule has 14 heavy (non-hydrogen) atoms. The van der Waals surface area contributed by atoms with E-state index in [2.05, 4.69) is 10.6 Å². The first-order chi connectivity index (χ1) is 6.44. The average Bonchev–Trinajstić information content (AvgIpc) is 2.15. The summed E-state index contributed by atoms with van der Waals surface area (Å²) in [5, 5.41) is 5.85. The molecular weight excluding hydrogens is 180 g/mol. The molecule has 1 amide bonds. The molecule has 0 bridgehead atoms. The van der Waals surface area contributed by atoms with Crippen LogP contribution in [0.5, 0.6) is 0 Å². The minimum Gasteiger partial charge on any atom is -0.380 e. The summed E-state index contributed by atoms with van der Waals surface area (Å²) in [6.45, 7) is 7.23. The van der Waals surface area contributed by atoms with E-state index in [4.69, 9.17) is 4.74 Å². The summed E-state index contributed by atoms with van der Waals surface area (Å²) < 4.78 is 5.09. The van der Waals surface area contributed by atoms with Crippen molar-refractivity contribution < 1.29 is 9.53 Å². The average molecular weight is 202 g/mol. The molecule has 0 fully saturated rings. The van der Waals surface area contributed by atoms with E-state index in [-0.39, 0.29) is 17.4 Å². The Hall–Kier alpha value is -0.610. The molecule has 0 aromatic rings. The van der Waals surface area contributed by atoms with Crippen LogP contribution in [-0.4, -0.2) is 39.3 Å². The van der Waals surface area contributed by atoms with E-state index in [1.54, 1.807) is 14.2 Å². The molecule has 0 aliphatic heterocycles. The van der Waals surface area contributed by atoms with Gasteiger partial charge < -0.3 is 15.4 Å². The van der Waals surface area contributed by atoms with Gasteiger partial charge in [-0.2, -0.15) is 0 Å². The van der Waals surface area contributed by atoms with Gasteiger partial charge in [0.15, 0.2) is 0 Å². The van der Waals surface area contributed by atoms with Crippen molar-refractivity contribution in [1.29, 1.82) is 0 Å². The fraction of sp³-hybridized carbons (Fsp3) is 0.900. The Kier molecular flexibility index (Phi) is 5.72. The zero-order valence-corrected chi connectivity index (χ0v) is 9.81. The molecule has 0 rings (SSSR count). The van der Waals surface area contributed by atoms with E-state index in [0.29, 0.717) is 6.54 Å². The predicted octanol–water partition coefficient (Wildman–Crippen LogP) is 0.383. The summed E-state index contributed by atoms with van der Waals surface area (Å²) in [6, 6.07) is 0. The van der Waals surface area contributed by atoms with Crippen molar-refractivity contribution in [3.8, 4) is 0 Å². The topological polar surface area (TPSA) is 50.4 Å². The molecule has 0 radical (unpaired) electrons. The van der Waals surface area contributed by atoms with Gasteiger partial charge in [-0.05, 0) is 20.8 Å². The molecule has 4 heteroatoms. The Morgan fingerprint density at radius 2 is 2.07 bits per heavy atom. The lowest BCUT2D eigenvalue weighted by atomic mass is 9.92. The Morgan fingerprint density at radius 1 is 1.50 bits per heavy atom. The maximum absolute atomic E-state index is 11.4. The van der Waals surface area contributed by atoms with Gasteiger partial charge in [-0.1, -0.05) is 0 Å². The molecule has 84 valence electrons. The van der Waals surface area contributed by atoms with Gasteiger partial charge in [0.2, 0.25) is 5.91 Å². The lowest BCUT2D eigenvalue weighted by Crippen LogP contribution is -2.43. The first kappa shape index (κ1) is 13.4. The Bertz CT molecular complexity index is 181. The van der Waals surface area contributed by atoms with E-state index < -0.39 is 0 Å². The van der Waals surface area contributed by atoms with Crippen LogP contribution in [0.3, 0.4) is 0 Å². The van der Waals surface area contributed by atoms with Crippen molar-refractivity contribution in [3.05, 3.63) is 0 Å². The van der Waals surface area contributed by atoms with Crippen LogP contribution in [0, 0.1) is 5.41 Å². The number of carbonyl (C=O) groups excluding carboxylic acids is 1. The molecule has 1 atom stereocenters. The number of hydrogen-bond acceptors (Lipinski definition) is 3. The fourth-order valence-electron chi connectivity index (χ4n) is 1.09. The number of nitrogens with one attached hydrogen (secondary N) is 2. The highest BCUT2D eigenvalue weighted by Crippen LogP contribution is 2.12. The Labute approximate surface area is 86.4 Å². The van der Waals surface area contributed by atoms with Gasteiger partial charge in [-0.15, -0.1) is 0 Å². The molecule has 0 saturated carbocycles. The fourth-order valence-corrected chi connectivity index (χ4v) is 1.09. The van der Waals surface area contributed by atoms with Crippen molar-refractivity contribution in [2.45, 2.75) is 26.9 Å². The number of hydrogen-bond donors (Lipinski definition) is 2. The number of carbonyl (C=O) groups is 1. The summed E-state index contributed by atoms with van der Waals surface area (Å²) in [7, 11) is 3.33. The van der Waals surface area contributed by atoms with E-state index in [9.17, 15) is 4.79 Å². The molecule has 0 aliphatic carbocycles. The first-order valence-electron chi connectivity index (χ1n) is 4.89. The highest BCUT2D eigenvalue weighted by atomic mass is 16.5. The van der Waals surface area contributed by atoms with Crippen molar-refractivity contribution in [1.82, 2.24) is 10.6 Å². The third-order valence-corrected chi connectivity index (χ3v) is 2.24. The normalized spacial score (nSPS) is 13.8. The highest BCUT2D eigenvalue weighted by molar-refractivity contribution is 5.81. The Morgan fingerprint density at radius 3 is 2.50 bits per heavy atom. The molecule has 0 heterocycles. The van der Waals surface area contributed by atoms with Gasteiger partial charge in [-0.3, -0.25) is 4.79 Å². The molecule has 4 nitrogen and oxygen atoms in total. The van der Waals surface area contributed by atoms with Crippen molar-refractivity contribution >= 4 is 5.91 Å². The zero-order valence-electron chi connectivity index (χ0n) is 9.81. The monoisotopic (exact) mass is 202 g/mol. The molecule has 0 aromatic carbocycles. The summed E-state index contributed by atoms with van der Waals surface area (Å²) in [6.07, 6.45) is 0.176. The second-order valence-electron chi connectivity index (χ2n) is 4.14. The van der Waals surface area contributed by atoms with Gasteiger partial charge in [-0.25, -0.2) is 0 Å². The molecule has 0 saturated heterocycles. The van der Waals surface area contributed by atoms with Gasteiger partial charge in [0.1, 0.15) is 0 Å². The predicted molar refractivity (Wildman–Crippen MR) is 57.2 cm³/mol. The quantitative estimate of drug-likeness (QED) is 0.655. The van der Waals surface area contributed by atoms with Crippen molar-refractivity contribution in [3.63, 3.8) is 0 Å². The van der Waals surface area contributed by atoms with Gasteiger partial charge in [0.05, 0.1) is 11.5 Å². The van der Waals surface area contributed by atoms with Crippen LogP contribution in [-0.2, 0) is 9.53 Å². The van der Waals surface area contributed by atoms with Crippen molar-refractivity contribution in [2.75, 3.05) is 27.2 Å². The summed E-state index contributed by atoms with van der Waals surface area (Å²) in [5.74, 6) is 0.0510. The summed E-state index contributed by atoms with van der Waals surface area (Å²) in [5.41, 5.74) is -0.373. The third-order valence-electron chi connectivity index (χ3n) is 2.24. The molecule has 0 aliphatic rings. The SMILES string of the molecule is CNC(=O)C(C)(C)CNCC(C)OC. The third kappa shape index (κ3) is 4.58. The molecule has 0 spiro atoms. The summed E-state index contributed by atoms with van der Waals surface area (Å²) >= 11 is 0. The maximum atomic E-state index is 11.4. The number of rotatable bonds is 6. The van der Waals surface area contributed by atoms with Crippen LogP contribution in [0.15, 0.2) is 0 Å². The lowest BCUT2D eigenvalue weighted by molar-refractivity contribution is -0.128. The van der Waals surface area contributed by atoms with Gasteiger partial charge in [0, 0.05) is 27.2 Å². The molecular formula is C10H22N2O2. The highest BCUT2D eigenvalue weighted by Gasteiger charge is 2.25. The van der Waals surface area contributed by atoms with Crippen LogP contribution in [0.2, 0.25) is 0 Å². The van der Waals surface area contributed by atoms with Gasteiger partial charge >= 0.3 is 0 Å². The van der Waals surface area contributed by atoms with E-state index in [1.165, 1.54) is 0 Å². The number of ether oxygens (including phenoxy) is 1. The van der Waals surface area contributed by atoms with Crippen LogP contribution in [0.25, 0.3) is 0 Å². The number of amides is 1. The van der Waals surface area contributed by atoms with E-state index in [0.717, 1.165) is 6.54 Å². The smallest absolute Gasteiger partial charge is 0.226 e. The lowest BCUT2D eigenvalue weighted by Gasteiger charge is -2.23. The molecule has 1 unspecified atom stereocenters. The maximum Gasteiger partial charge on any atom is 0.226 e. The van der Waals surface area contributed by atoms with E-state index >= 15 is 0 Å². The standard InChI is InChI=1S/C10H22N2O2/c1-8(14-5)6-12-7-10(2,3)9(13)11-4/h8,12H,6-7H2,1-5H3,(H,11,13). The van der Waals surface area contributed by atoms with Crippen LogP contribution in [0.1, 0.15) is 20.8 Å². The van der Waals surface area contributed by atoms with Crippen molar-refractivity contribution in [2.24, 2.45) is 5.41 Å². The second kappa shape index (κ2) is 5.98. The minimum atomic E-state index is -0.373. The first-order valence-corrected chi connectivity index (χ1v) is 4.89. The minimum absolute atomic E-state index is 0.0510. The molecule has 2 N–H and O–H groups in total. The largest absolute Gasteiger partial charge is 0.380 e. The van der Waals surface area contributed by atoms with Crippen LogP contribution in [0.4, 0.5) is 0 Å². The summed E-state index contributed by atoms with van der Waals surface area (Å²) in [4.78, 5) is 11.4. The van der Waals surface area contributed by atoms with Crippen LogP contribution < -0.4 is 10.6 Å². The van der Waals surface area contributed by atoms with Crippen LogP contribution >= 0.6 is 0 Å². The molecule has 0 aromatic heterocycles. The zero-order chi connectivity index (χ0) is 11.2. The number of methoxy groups -OCH3 is 1.